The second kappa shape index (κ2) is 8.95. The number of imidazole rings is 1. The lowest BCUT2D eigenvalue weighted by Crippen LogP contribution is -2.29. The zero-order chi connectivity index (χ0) is 22.8. The predicted octanol–water partition coefficient (Wildman–Crippen LogP) is 3.53. The van der Waals surface area contributed by atoms with E-state index < -0.39 is 0 Å². The Labute approximate surface area is 194 Å². The largest absolute Gasteiger partial charge is 0.497 e. The molecule has 8 nitrogen and oxygen atoms in total. The number of ether oxygens (including phenoxy) is 1. The first-order valence-corrected chi connectivity index (χ1v) is 11.4. The van der Waals surface area contributed by atoms with Crippen molar-refractivity contribution in [3.05, 3.63) is 77.2 Å². The molecule has 0 saturated heterocycles. The van der Waals surface area contributed by atoms with Crippen molar-refractivity contribution in [2.45, 2.75) is 18.2 Å². The second-order valence-electron chi connectivity index (χ2n) is 7.52. The number of carbonyl (C=O) groups is 1. The highest BCUT2D eigenvalue weighted by atomic mass is 32.2. The fourth-order valence-corrected chi connectivity index (χ4v) is 4.55. The number of thioether (sulfide) groups is 1. The highest BCUT2D eigenvalue weighted by molar-refractivity contribution is 7.99. The molecule has 1 N–H and O–H groups in total. The maximum atomic E-state index is 12.6. The van der Waals surface area contributed by atoms with Crippen LogP contribution in [0.3, 0.4) is 0 Å². The third-order valence-electron chi connectivity index (χ3n) is 5.29. The van der Waals surface area contributed by atoms with Crippen molar-refractivity contribution in [2.75, 3.05) is 18.2 Å². The van der Waals surface area contributed by atoms with E-state index in [-0.39, 0.29) is 18.0 Å². The molecule has 4 aromatic rings. The number of nitrogens with zero attached hydrogens (tertiary/aromatic N) is 4. The van der Waals surface area contributed by atoms with Gasteiger partial charge in [0.1, 0.15) is 12.3 Å². The van der Waals surface area contributed by atoms with Crippen LogP contribution in [0.15, 0.2) is 76.8 Å². The summed E-state index contributed by atoms with van der Waals surface area (Å²) in [6.45, 7) is 0.789. The van der Waals surface area contributed by atoms with Crippen LogP contribution in [0.5, 0.6) is 5.75 Å². The van der Waals surface area contributed by atoms with Gasteiger partial charge in [0.2, 0.25) is 5.91 Å². The highest BCUT2D eigenvalue weighted by Gasteiger charge is 2.15. The molecule has 5 rings (SSSR count). The maximum absolute atomic E-state index is 12.6. The Hall–Kier alpha value is -3.85. The molecular weight excluding hydrogens is 438 g/mol. The first-order valence-electron chi connectivity index (χ1n) is 10.4. The Kier molecular flexibility index (Phi) is 5.70. The molecule has 166 valence electrons. The molecule has 0 spiro atoms. The third-order valence-corrected chi connectivity index (χ3v) is 6.26. The van der Waals surface area contributed by atoms with Crippen LogP contribution in [-0.2, 0) is 17.9 Å². The minimum atomic E-state index is -0.349. The molecule has 9 heteroatoms. The number of nitrogens with one attached hydrogen (secondary N) is 1. The molecule has 1 amide bonds. The maximum Gasteiger partial charge on any atom is 0.267 e. The molecule has 0 fully saturated rings. The van der Waals surface area contributed by atoms with E-state index in [1.807, 2.05) is 48.5 Å². The molecule has 0 aliphatic carbocycles. The molecule has 0 unspecified atom stereocenters. The molecule has 33 heavy (non-hydrogen) atoms. The van der Waals surface area contributed by atoms with Gasteiger partial charge in [0.25, 0.3) is 5.56 Å². The summed E-state index contributed by atoms with van der Waals surface area (Å²) in [5.41, 5.74) is 3.57. The lowest BCUT2D eigenvalue weighted by molar-refractivity contribution is -0.117. The van der Waals surface area contributed by atoms with Gasteiger partial charge in [-0.2, -0.15) is 5.10 Å². The van der Waals surface area contributed by atoms with Crippen molar-refractivity contribution in [3.8, 4) is 28.3 Å². The number of benzene rings is 2. The predicted molar refractivity (Wildman–Crippen MR) is 128 cm³/mol. The number of fused-ring (bicyclic) bond motifs is 1. The number of methoxy groups -OCH3 is 1. The summed E-state index contributed by atoms with van der Waals surface area (Å²) >= 11 is 1.75. The van der Waals surface area contributed by atoms with Gasteiger partial charge in [-0.3, -0.25) is 9.59 Å². The fraction of sp³-hybridized carbons (Fsp3) is 0.167. The monoisotopic (exact) mass is 459 g/mol. The number of rotatable bonds is 6. The molecule has 3 heterocycles. The summed E-state index contributed by atoms with van der Waals surface area (Å²) in [6.07, 6.45) is 2.05. The lowest BCUT2D eigenvalue weighted by Gasteiger charge is -2.09. The van der Waals surface area contributed by atoms with E-state index in [1.54, 1.807) is 24.9 Å². The summed E-state index contributed by atoms with van der Waals surface area (Å²) in [6, 6.07) is 17.9. The van der Waals surface area contributed by atoms with Crippen molar-refractivity contribution < 1.29 is 9.53 Å². The van der Waals surface area contributed by atoms with Gasteiger partial charge >= 0.3 is 0 Å². The number of carbonyl (C=O) groups excluding carboxylic acids is 1. The van der Waals surface area contributed by atoms with E-state index in [1.165, 1.54) is 6.07 Å². The topological polar surface area (TPSA) is 91.0 Å². The van der Waals surface area contributed by atoms with Crippen molar-refractivity contribution in [3.63, 3.8) is 0 Å². The molecule has 0 atom stereocenters. The first-order chi connectivity index (χ1) is 16.1. The van der Waals surface area contributed by atoms with Crippen LogP contribution in [0.2, 0.25) is 0 Å². The third kappa shape index (κ3) is 4.54. The SMILES string of the molecule is COc1cccc(-c2ccc(=O)n(CC(=O)Nc3ccc(-c4cn5c(n4)SCC5)cc3)n2)c1. The molecule has 2 aromatic carbocycles. The van der Waals surface area contributed by atoms with Crippen LogP contribution >= 0.6 is 11.8 Å². The minimum Gasteiger partial charge on any atom is -0.497 e. The summed E-state index contributed by atoms with van der Waals surface area (Å²) in [7, 11) is 1.59. The summed E-state index contributed by atoms with van der Waals surface area (Å²) < 4.78 is 8.56. The summed E-state index contributed by atoms with van der Waals surface area (Å²) in [4.78, 5) is 29.5. The van der Waals surface area contributed by atoms with Gasteiger partial charge in [-0.1, -0.05) is 36.0 Å². The zero-order valence-electron chi connectivity index (χ0n) is 17.9. The minimum absolute atomic E-state index is 0.191. The first kappa shape index (κ1) is 21.0. The van der Waals surface area contributed by atoms with Crippen LogP contribution in [0.1, 0.15) is 0 Å². The molecule has 0 bridgehead atoms. The van der Waals surface area contributed by atoms with Crippen LogP contribution in [0.4, 0.5) is 5.69 Å². The van der Waals surface area contributed by atoms with Crippen LogP contribution in [-0.4, -0.2) is 38.1 Å². The van der Waals surface area contributed by atoms with Gasteiger partial charge < -0.3 is 14.6 Å². The molecule has 0 saturated carbocycles. The molecule has 0 radical (unpaired) electrons. The number of anilines is 1. The van der Waals surface area contributed by atoms with E-state index in [4.69, 9.17) is 4.74 Å². The van der Waals surface area contributed by atoms with Crippen molar-refractivity contribution >= 4 is 23.4 Å². The van der Waals surface area contributed by atoms with E-state index in [0.717, 1.165) is 39.0 Å². The Morgan fingerprint density at radius 2 is 1.94 bits per heavy atom. The van der Waals surface area contributed by atoms with E-state index in [2.05, 4.69) is 26.2 Å². The second-order valence-corrected chi connectivity index (χ2v) is 8.58. The van der Waals surface area contributed by atoms with Crippen LogP contribution < -0.4 is 15.6 Å². The van der Waals surface area contributed by atoms with Crippen molar-refractivity contribution in [2.24, 2.45) is 0 Å². The number of hydrogen-bond acceptors (Lipinski definition) is 6. The van der Waals surface area contributed by atoms with E-state index >= 15 is 0 Å². The smallest absolute Gasteiger partial charge is 0.267 e. The number of aryl methyl sites for hydroxylation is 1. The van der Waals surface area contributed by atoms with Crippen LogP contribution in [0.25, 0.3) is 22.5 Å². The standard InChI is InChI=1S/C24H21N5O3S/c1-32-19-4-2-3-17(13-19)20-9-10-23(31)29(27-20)15-22(30)25-18-7-5-16(6-8-18)21-14-28-11-12-33-24(28)26-21/h2-10,13-14H,11-12,15H2,1H3,(H,25,30). The average molecular weight is 460 g/mol. The Balaban J connectivity index is 1.28. The Morgan fingerprint density at radius 3 is 2.73 bits per heavy atom. The van der Waals surface area contributed by atoms with Gasteiger partial charge in [0.05, 0.1) is 18.5 Å². The number of aromatic nitrogens is 4. The fourth-order valence-electron chi connectivity index (χ4n) is 3.61. The van der Waals surface area contributed by atoms with Gasteiger partial charge in [-0.25, -0.2) is 9.67 Å². The summed E-state index contributed by atoms with van der Waals surface area (Å²) in [5.74, 6) is 1.42. The van der Waals surface area contributed by atoms with Gasteiger partial charge in [-0.15, -0.1) is 0 Å². The zero-order valence-corrected chi connectivity index (χ0v) is 18.7. The highest BCUT2D eigenvalue weighted by Crippen LogP contribution is 2.29. The van der Waals surface area contributed by atoms with E-state index in [0.29, 0.717) is 17.1 Å². The number of amides is 1. The van der Waals surface area contributed by atoms with Crippen molar-refractivity contribution in [1.29, 1.82) is 0 Å². The Bertz CT molecular complexity index is 1360. The van der Waals surface area contributed by atoms with Crippen molar-refractivity contribution in [1.82, 2.24) is 19.3 Å². The molecular formula is C24H21N5O3S. The Morgan fingerprint density at radius 1 is 1.09 bits per heavy atom. The molecule has 1 aliphatic heterocycles. The summed E-state index contributed by atoms with van der Waals surface area (Å²) in [5, 5.41) is 8.22. The van der Waals surface area contributed by atoms with Gasteiger partial charge in [-0.05, 0) is 30.3 Å². The molecule has 1 aliphatic rings. The average Bonchev–Trinajstić information content (AvgIpc) is 3.44. The lowest BCUT2D eigenvalue weighted by atomic mass is 10.1. The number of hydrogen-bond donors (Lipinski definition) is 1. The van der Waals surface area contributed by atoms with Crippen LogP contribution in [0, 0.1) is 0 Å². The van der Waals surface area contributed by atoms with Gasteiger partial charge in [0, 0.05) is 41.4 Å². The normalized spacial score (nSPS) is 12.4. The quantitative estimate of drug-likeness (QED) is 0.474. The van der Waals surface area contributed by atoms with E-state index in [9.17, 15) is 9.59 Å². The van der Waals surface area contributed by atoms with Gasteiger partial charge in [0.15, 0.2) is 5.16 Å². The molecule has 2 aromatic heterocycles.